The molecule has 3 aromatic rings. The zero-order valence-electron chi connectivity index (χ0n) is 22.8. The number of anilines is 3. The van der Waals surface area contributed by atoms with Gasteiger partial charge < -0.3 is 15.0 Å². The first-order valence-corrected chi connectivity index (χ1v) is 15.0. The van der Waals surface area contributed by atoms with E-state index in [1.165, 1.54) is 31.1 Å². The molecule has 3 aliphatic rings. The van der Waals surface area contributed by atoms with Crippen LogP contribution < -0.4 is 15.0 Å². The smallest absolute Gasteiger partial charge is 0.205 e. The number of H-pyrrole nitrogens is 1. The van der Waals surface area contributed by atoms with Crippen molar-refractivity contribution in [1.82, 2.24) is 25.1 Å². The Kier molecular flexibility index (Phi) is 7.74. The van der Waals surface area contributed by atoms with E-state index in [1.54, 1.807) is 0 Å². The molecule has 2 aromatic heterocycles. The zero-order chi connectivity index (χ0) is 26.8. The Bertz CT molecular complexity index is 1300. The van der Waals surface area contributed by atoms with Crippen LogP contribution in [-0.2, 0) is 11.2 Å². The molecule has 10 heteroatoms. The third-order valence-corrected chi connectivity index (χ3v) is 8.37. The number of nitrogens with one attached hydrogen (secondary N) is 2. The van der Waals surface area contributed by atoms with E-state index in [0.29, 0.717) is 41.4 Å². The number of nitrogens with zero attached hydrogens (tertiary/aromatic N) is 5. The largest absolute Gasteiger partial charge is 0.487 e. The van der Waals surface area contributed by atoms with Gasteiger partial charge in [-0.15, -0.1) is 0 Å². The fourth-order valence-electron chi connectivity index (χ4n) is 4.98. The summed E-state index contributed by atoms with van der Waals surface area (Å²) in [5.41, 5.74) is 2.02. The standard InChI is InChI=1S/C29H37N7O2S/c1-3-38-26-27(30-25-16-19(2)33-34-25)31-29(32-28(26)36-14-12-35(13-15-36)18-21-4-5-21)39-23-10-6-20(7-11-23)17-24(37)22-8-9-22/h6-7,10-11,16,21-22H,3-5,8-9,12-15,17-18H2,1-2H3,(H2,30,31,32,33,34). The molecule has 0 unspecified atom stereocenters. The SMILES string of the molecule is CCOc1c(Nc2cc(C)[nH]n2)nc(Sc2ccc(CC(=O)C3CC3)cc2)nc1N1CCN(CC2CC2)CC1. The molecule has 0 bridgehead atoms. The number of aromatic nitrogens is 4. The number of Topliss-reactive ketones (excluding diaryl/α,β-unsaturated/α-hetero) is 1. The monoisotopic (exact) mass is 547 g/mol. The van der Waals surface area contributed by atoms with Crippen molar-refractivity contribution >= 4 is 35.0 Å². The summed E-state index contributed by atoms with van der Waals surface area (Å²) in [6.45, 7) is 9.53. The fraction of sp³-hybridized carbons (Fsp3) is 0.517. The lowest BCUT2D eigenvalue weighted by Crippen LogP contribution is -2.47. The predicted molar refractivity (Wildman–Crippen MR) is 153 cm³/mol. The van der Waals surface area contributed by atoms with Crippen LogP contribution in [0.25, 0.3) is 0 Å². The minimum absolute atomic E-state index is 0.287. The number of benzene rings is 1. The van der Waals surface area contributed by atoms with E-state index in [4.69, 9.17) is 14.7 Å². The molecule has 0 radical (unpaired) electrons. The van der Waals surface area contributed by atoms with Gasteiger partial charge in [-0.05, 0) is 74.9 Å². The van der Waals surface area contributed by atoms with Gasteiger partial charge in [0.2, 0.25) is 5.75 Å². The van der Waals surface area contributed by atoms with E-state index in [2.05, 4.69) is 37.4 Å². The summed E-state index contributed by atoms with van der Waals surface area (Å²) in [6, 6.07) is 10.1. The van der Waals surface area contributed by atoms with Gasteiger partial charge in [0.1, 0.15) is 5.78 Å². The lowest BCUT2D eigenvalue weighted by Gasteiger charge is -2.36. The van der Waals surface area contributed by atoms with Crippen molar-refractivity contribution in [2.24, 2.45) is 11.8 Å². The Morgan fingerprint density at radius 2 is 1.87 bits per heavy atom. The first kappa shape index (κ1) is 26.1. The topological polar surface area (TPSA) is 99.3 Å². The van der Waals surface area contributed by atoms with Crippen molar-refractivity contribution in [2.45, 2.75) is 56.0 Å². The molecule has 3 heterocycles. The third-order valence-electron chi connectivity index (χ3n) is 7.50. The highest BCUT2D eigenvalue weighted by molar-refractivity contribution is 7.99. The summed E-state index contributed by atoms with van der Waals surface area (Å²) in [7, 11) is 0. The Morgan fingerprint density at radius 3 is 2.51 bits per heavy atom. The van der Waals surface area contributed by atoms with Crippen LogP contribution in [0.2, 0.25) is 0 Å². The normalized spacial score (nSPS) is 17.8. The van der Waals surface area contributed by atoms with Crippen LogP contribution in [0.5, 0.6) is 5.75 Å². The number of carbonyl (C=O) groups is 1. The number of piperazine rings is 1. The average Bonchev–Trinajstić information content (AvgIpc) is 3.87. The van der Waals surface area contributed by atoms with Crippen molar-refractivity contribution < 1.29 is 9.53 Å². The predicted octanol–water partition coefficient (Wildman–Crippen LogP) is 4.86. The van der Waals surface area contributed by atoms with Gasteiger partial charge in [-0.25, -0.2) is 9.97 Å². The van der Waals surface area contributed by atoms with Crippen LogP contribution in [0, 0.1) is 18.8 Å². The van der Waals surface area contributed by atoms with Gasteiger partial charge in [0.25, 0.3) is 0 Å². The molecule has 2 N–H and O–H groups in total. The van der Waals surface area contributed by atoms with Crippen LogP contribution in [-0.4, -0.2) is 70.2 Å². The second-order valence-electron chi connectivity index (χ2n) is 10.9. The van der Waals surface area contributed by atoms with Crippen LogP contribution >= 0.6 is 11.8 Å². The maximum atomic E-state index is 12.2. The van der Waals surface area contributed by atoms with Crippen LogP contribution in [0.4, 0.5) is 17.5 Å². The summed E-state index contributed by atoms with van der Waals surface area (Å²) in [5.74, 6) is 4.32. The van der Waals surface area contributed by atoms with Crippen molar-refractivity contribution in [3.05, 3.63) is 41.6 Å². The highest BCUT2D eigenvalue weighted by atomic mass is 32.2. The maximum absolute atomic E-state index is 12.2. The molecular weight excluding hydrogens is 510 g/mol. The summed E-state index contributed by atoms with van der Waals surface area (Å²) < 4.78 is 6.16. The first-order valence-electron chi connectivity index (χ1n) is 14.1. The van der Waals surface area contributed by atoms with E-state index >= 15 is 0 Å². The van der Waals surface area contributed by atoms with Gasteiger partial charge in [-0.3, -0.25) is 14.8 Å². The molecule has 9 nitrogen and oxygen atoms in total. The molecule has 1 aromatic carbocycles. The van der Waals surface area contributed by atoms with Gasteiger partial charge in [-0.1, -0.05) is 12.1 Å². The number of ketones is 1. The molecule has 0 amide bonds. The van der Waals surface area contributed by atoms with E-state index in [1.807, 2.05) is 32.0 Å². The number of hydrogen-bond acceptors (Lipinski definition) is 9. The summed E-state index contributed by atoms with van der Waals surface area (Å²) >= 11 is 1.52. The van der Waals surface area contributed by atoms with Gasteiger partial charge >= 0.3 is 0 Å². The molecule has 0 atom stereocenters. The second-order valence-corrected chi connectivity index (χ2v) is 11.9. The van der Waals surface area contributed by atoms with Crippen LogP contribution in [0.3, 0.4) is 0 Å². The third kappa shape index (κ3) is 6.73. The molecule has 1 saturated heterocycles. The maximum Gasteiger partial charge on any atom is 0.205 e. The molecule has 6 rings (SSSR count). The van der Waals surface area contributed by atoms with E-state index in [9.17, 15) is 4.79 Å². The Balaban J connectivity index is 1.25. The lowest BCUT2D eigenvalue weighted by atomic mass is 10.1. The summed E-state index contributed by atoms with van der Waals surface area (Å²) in [5, 5.41) is 11.4. The first-order chi connectivity index (χ1) is 19.0. The quantitative estimate of drug-likeness (QED) is 0.308. The number of ether oxygens (including phenoxy) is 1. The summed E-state index contributed by atoms with van der Waals surface area (Å²) in [4.78, 5) is 28.1. The number of aryl methyl sites for hydroxylation is 1. The Hall–Kier alpha value is -3.11. The minimum Gasteiger partial charge on any atom is -0.487 e. The van der Waals surface area contributed by atoms with Gasteiger partial charge in [0.15, 0.2) is 22.6 Å². The Labute approximate surface area is 234 Å². The molecule has 1 aliphatic heterocycles. The lowest BCUT2D eigenvalue weighted by molar-refractivity contribution is -0.119. The van der Waals surface area contributed by atoms with Crippen LogP contribution in [0.15, 0.2) is 40.4 Å². The fourth-order valence-corrected chi connectivity index (χ4v) is 5.74. The van der Waals surface area contributed by atoms with E-state index in [0.717, 1.165) is 66.9 Å². The van der Waals surface area contributed by atoms with Gasteiger partial charge in [-0.2, -0.15) is 5.10 Å². The zero-order valence-corrected chi connectivity index (χ0v) is 23.6. The molecule has 2 saturated carbocycles. The van der Waals surface area contributed by atoms with E-state index < -0.39 is 0 Å². The average molecular weight is 548 g/mol. The van der Waals surface area contributed by atoms with Gasteiger partial charge in [0.05, 0.1) is 6.61 Å². The van der Waals surface area contributed by atoms with E-state index in [-0.39, 0.29) is 5.92 Å². The highest BCUT2D eigenvalue weighted by Crippen LogP contribution is 2.39. The molecule has 206 valence electrons. The highest BCUT2D eigenvalue weighted by Gasteiger charge is 2.30. The van der Waals surface area contributed by atoms with Crippen molar-refractivity contribution in [3.8, 4) is 5.75 Å². The Morgan fingerprint density at radius 1 is 1.10 bits per heavy atom. The second kappa shape index (κ2) is 11.6. The number of rotatable bonds is 12. The van der Waals surface area contributed by atoms with Crippen molar-refractivity contribution in [3.63, 3.8) is 0 Å². The van der Waals surface area contributed by atoms with Crippen LogP contribution in [0.1, 0.15) is 43.9 Å². The summed E-state index contributed by atoms with van der Waals surface area (Å²) in [6.07, 6.45) is 5.37. The molecule has 39 heavy (non-hydrogen) atoms. The molecule has 3 fully saturated rings. The van der Waals surface area contributed by atoms with Crippen molar-refractivity contribution in [2.75, 3.05) is 49.5 Å². The number of hydrogen-bond donors (Lipinski definition) is 2. The number of aromatic amines is 1. The molecule has 2 aliphatic carbocycles. The van der Waals surface area contributed by atoms with Crippen molar-refractivity contribution in [1.29, 1.82) is 0 Å². The molecular formula is C29H37N7O2S. The minimum atomic E-state index is 0.287. The number of carbonyl (C=O) groups excluding carboxylic acids is 1. The van der Waals surface area contributed by atoms with Gasteiger partial charge in [0, 0.05) is 61.7 Å². The molecule has 0 spiro atoms.